The van der Waals surface area contributed by atoms with Gasteiger partial charge in [-0.2, -0.15) is 0 Å². The van der Waals surface area contributed by atoms with Gasteiger partial charge in [-0.25, -0.2) is 4.79 Å². The van der Waals surface area contributed by atoms with E-state index in [2.05, 4.69) is 16.7 Å². The fourth-order valence-corrected chi connectivity index (χ4v) is 4.45. The van der Waals surface area contributed by atoms with Crippen molar-refractivity contribution < 1.29 is 14.3 Å². The summed E-state index contributed by atoms with van der Waals surface area (Å²) in [5, 5.41) is 6.74. The van der Waals surface area contributed by atoms with Gasteiger partial charge >= 0.3 is 6.03 Å². The molecule has 6 nitrogen and oxygen atoms in total. The predicted octanol–water partition coefficient (Wildman–Crippen LogP) is 3.82. The first kappa shape index (κ1) is 20.5. The molecule has 1 atom stereocenters. The summed E-state index contributed by atoms with van der Waals surface area (Å²) in [6, 6.07) is 4.25. The van der Waals surface area contributed by atoms with E-state index in [-0.39, 0.29) is 18.5 Å². The predicted molar refractivity (Wildman–Crippen MR) is 112 cm³/mol. The minimum atomic E-state index is -0.253. The molecule has 0 spiro atoms. The molecule has 3 amide bonds. The lowest BCUT2D eigenvalue weighted by Gasteiger charge is -2.16. The third kappa shape index (κ3) is 5.23. The van der Waals surface area contributed by atoms with Crippen molar-refractivity contribution in [2.45, 2.75) is 57.4 Å². The van der Waals surface area contributed by atoms with Gasteiger partial charge in [0.05, 0.1) is 11.6 Å². The molecule has 1 aliphatic heterocycles. The van der Waals surface area contributed by atoms with Crippen LogP contribution in [0.15, 0.2) is 12.1 Å². The first-order valence-corrected chi connectivity index (χ1v) is 11.3. The van der Waals surface area contributed by atoms with Crippen LogP contribution < -0.4 is 15.4 Å². The normalized spacial score (nSPS) is 20.9. The van der Waals surface area contributed by atoms with Crippen molar-refractivity contribution in [1.82, 2.24) is 15.5 Å². The van der Waals surface area contributed by atoms with Crippen LogP contribution in [0.4, 0.5) is 4.79 Å². The topological polar surface area (TPSA) is 70.7 Å². The number of unbranched alkanes of at least 4 members (excludes halogenated alkanes) is 3. The number of hydrogen-bond donors (Lipinski definition) is 2. The molecule has 1 saturated carbocycles. The Morgan fingerprint density at radius 2 is 1.97 bits per heavy atom. The lowest BCUT2D eigenvalue weighted by molar-refractivity contribution is -0.118. The van der Waals surface area contributed by atoms with Gasteiger partial charge in [0, 0.05) is 18.2 Å². The molecule has 3 aliphatic rings. The Morgan fingerprint density at radius 1 is 1.14 bits per heavy atom. The van der Waals surface area contributed by atoms with Gasteiger partial charge in [-0.05, 0) is 62.6 Å². The molecule has 1 saturated heterocycles. The van der Waals surface area contributed by atoms with Gasteiger partial charge in [0.2, 0.25) is 5.91 Å². The molecule has 1 unspecified atom stereocenters. The Morgan fingerprint density at radius 3 is 2.72 bits per heavy atom. The second kappa shape index (κ2) is 9.35. The number of hydrogen-bond acceptors (Lipinski definition) is 4. The maximum absolute atomic E-state index is 11.5. The number of benzene rings is 1. The van der Waals surface area contributed by atoms with Crippen molar-refractivity contribution in [3.63, 3.8) is 0 Å². The monoisotopic (exact) mass is 419 g/mol. The minimum Gasteiger partial charge on any atom is -0.491 e. The molecule has 0 bridgehead atoms. The molecule has 2 fully saturated rings. The summed E-state index contributed by atoms with van der Waals surface area (Å²) in [5.74, 6) is 1.43. The SMILES string of the molecule is O=C1CN(CCCCCCNC2CCc3c2ccc(Cl)c3OCC2CC2)C(=O)N1. The minimum absolute atomic E-state index is 0.196. The van der Waals surface area contributed by atoms with Crippen LogP contribution in [0.3, 0.4) is 0 Å². The number of halogens is 1. The molecule has 0 aromatic heterocycles. The molecule has 4 rings (SSSR count). The second-order valence-electron chi connectivity index (χ2n) is 8.43. The number of nitrogens with one attached hydrogen (secondary N) is 2. The Kier molecular flexibility index (Phi) is 6.60. The summed E-state index contributed by atoms with van der Waals surface area (Å²) < 4.78 is 6.07. The maximum Gasteiger partial charge on any atom is 0.324 e. The highest BCUT2D eigenvalue weighted by Crippen LogP contribution is 2.42. The molecule has 29 heavy (non-hydrogen) atoms. The number of carbonyl (C=O) groups is 2. The molecule has 1 aromatic rings. The van der Waals surface area contributed by atoms with Crippen LogP contribution in [0.25, 0.3) is 0 Å². The van der Waals surface area contributed by atoms with E-state index in [1.165, 1.54) is 24.0 Å². The number of amides is 3. The van der Waals surface area contributed by atoms with Crippen molar-refractivity contribution in [3.05, 3.63) is 28.3 Å². The molecule has 0 radical (unpaired) electrons. The van der Waals surface area contributed by atoms with Crippen LogP contribution in [0, 0.1) is 5.92 Å². The number of fused-ring (bicyclic) bond motifs is 1. The van der Waals surface area contributed by atoms with E-state index in [0.717, 1.165) is 68.4 Å². The molecular weight excluding hydrogens is 390 g/mol. The summed E-state index contributed by atoms with van der Waals surface area (Å²) in [6.45, 7) is 2.64. The van der Waals surface area contributed by atoms with Crippen LogP contribution in [0.1, 0.15) is 62.1 Å². The summed E-state index contributed by atoms with van der Waals surface area (Å²) in [4.78, 5) is 24.2. The van der Waals surface area contributed by atoms with E-state index in [1.807, 2.05) is 6.07 Å². The highest BCUT2D eigenvalue weighted by atomic mass is 35.5. The van der Waals surface area contributed by atoms with Crippen LogP contribution in [-0.2, 0) is 11.2 Å². The number of nitrogens with zero attached hydrogens (tertiary/aromatic N) is 1. The third-order valence-electron chi connectivity index (χ3n) is 6.08. The standard InChI is InChI=1S/C22H30ClN3O3/c23-18-9-7-16-17(21(18)29-14-15-5-6-15)8-10-19(16)24-11-3-1-2-4-12-26-13-20(27)25-22(26)28/h7,9,15,19,24H,1-6,8,10-14H2,(H,25,27,28). The lowest BCUT2D eigenvalue weighted by atomic mass is 10.1. The Balaban J connectivity index is 1.16. The zero-order valence-electron chi connectivity index (χ0n) is 16.8. The van der Waals surface area contributed by atoms with Gasteiger partial charge in [0.1, 0.15) is 12.3 Å². The molecular formula is C22H30ClN3O3. The Hall–Kier alpha value is -1.79. The molecule has 158 valence electrons. The number of ether oxygens (including phenoxy) is 1. The Bertz CT molecular complexity index is 766. The van der Waals surface area contributed by atoms with E-state index in [9.17, 15) is 9.59 Å². The van der Waals surface area contributed by atoms with Crippen LogP contribution in [0.2, 0.25) is 5.02 Å². The quantitative estimate of drug-likeness (QED) is 0.422. The molecule has 2 aliphatic carbocycles. The fraction of sp³-hybridized carbons (Fsp3) is 0.636. The van der Waals surface area contributed by atoms with Crippen molar-refractivity contribution in [2.24, 2.45) is 5.92 Å². The highest BCUT2D eigenvalue weighted by Gasteiger charge is 2.28. The molecule has 2 N–H and O–H groups in total. The van der Waals surface area contributed by atoms with Crippen molar-refractivity contribution in [3.8, 4) is 5.75 Å². The lowest BCUT2D eigenvalue weighted by Crippen LogP contribution is -2.29. The third-order valence-corrected chi connectivity index (χ3v) is 6.38. The van der Waals surface area contributed by atoms with Crippen LogP contribution in [0.5, 0.6) is 5.75 Å². The van der Waals surface area contributed by atoms with E-state index in [4.69, 9.17) is 16.3 Å². The second-order valence-corrected chi connectivity index (χ2v) is 8.84. The van der Waals surface area contributed by atoms with Gasteiger partial charge in [0.25, 0.3) is 0 Å². The maximum atomic E-state index is 11.5. The highest BCUT2D eigenvalue weighted by molar-refractivity contribution is 6.32. The first-order chi connectivity index (χ1) is 14.1. The summed E-state index contributed by atoms with van der Waals surface area (Å²) in [5.41, 5.74) is 2.62. The van der Waals surface area contributed by atoms with Gasteiger partial charge in [-0.1, -0.05) is 30.5 Å². The van der Waals surface area contributed by atoms with Crippen LogP contribution >= 0.6 is 11.6 Å². The van der Waals surface area contributed by atoms with Crippen molar-refractivity contribution in [2.75, 3.05) is 26.2 Å². The summed E-state index contributed by atoms with van der Waals surface area (Å²) in [6.07, 6.45) is 8.89. The van der Waals surface area contributed by atoms with E-state index in [0.29, 0.717) is 12.6 Å². The largest absolute Gasteiger partial charge is 0.491 e. The molecule has 1 heterocycles. The Labute approximate surface area is 177 Å². The zero-order chi connectivity index (χ0) is 20.2. The van der Waals surface area contributed by atoms with Crippen molar-refractivity contribution in [1.29, 1.82) is 0 Å². The number of imide groups is 1. The first-order valence-electron chi connectivity index (χ1n) is 10.9. The average molecular weight is 420 g/mol. The van der Waals surface area contributed by atoms with E-state index < -0.39 is 0 Å². The van der Waals surface area contributed by atoms with E-state index in [1.54, 1.807) is 4.90 Å². The fourth-order valence-electron chi connectivity index (χ4n) is 4.22. The van der Waals surface area contributed by atoms with Crippen molar-refractivity contribution >= 4 is 23.5 Å². The van der Waals surface area contributed by atoms with E-state index >= 15 is 0 Å². The van der Waals surface area contributed by atoms with Gasteiger partial charge in [-0.15, -0.1) is 0 Å². The number of urea groups is 1. The summed E-state index contributed by atoms with van der Waals surface area (Å²) in [7, 11) is 0. The number of rotatable bonds is 11. The summed E-state index contributed by atoms with van der Waals surface area (Å²) >= 11 is 6.41. The van der Waals surface area contributed by atoms with Gasteiger partial charge in [0.15, 0.2) is 0 Å². The average Bonchev–Trinajstić information content (AvgIpc) is 3.35. The molecule has 7 heteroatoms. The zero-order valence-corrected chi connectivity index (χ0v) is 17.6. The molecule has 1 aromatic carbocycles. The van der Waals surface area contributed by atoms with Gasteiger partial charge in [-0.3, -0.25) is 10.1 Å². The smallest absolute Gasteiger partial charge is 0.324 e. The number of carbonyl (C=O) groups excluding carboxylic acids is 2. The van der Waals surface area contributed by atoms with Crippen LogP contribution in [-0.4, -0.2) is 43.1 Å². The van der Waals surface area contributed by atoms with Gasteiger partial charge < -0.3 is 15.0 Å².